The lowest BCUT2D eigenvalue weighted by molar-refractivity contribution is -0.112. The molecule has 7 nitrogen and oxygen atoms in total. The van der Waals surface area contributed by atoms with Crippen LogP contribution in [0.3, 0.4) is 0 Å². The van der Waals surface area contributed by atoms with Crippen LogP contribution in [0.1, 0.15) is 21.5 Å². The van der Waals surface area contributed by atoms with Gasteiger partial charge in [0.2, 0.25) is 0 Å². The van der Waals surface area contributed by atoms with Crippen LogP contribution in [0.15, 0.2) is 88.9 Å². The maximum Gasteiger partial charge on any atom is 0.335 e. The van der Waals surface area contributed by atoms with Crippen LogP contribution in [-0.2, 0) is 11.4 Å². The normalized spacial score (nSPS) is 11.0. The first-order valence-corrected chi connectivity index (χ1v) is 11.9. The minimum atomic E-state index is -1.07. The molecule has 0 bridgehead atoms. The number of rotatable bonds is 8. The van der Waals surface area contributed by atoms with Crippen LogP contribution in [0.25, 0.3) is 16.8 Å². The highest BCUT2D eigenvalue weighted by Crippen LogP contribution is 2.38. The lowest BCUT2D eigenvalue weighted by Crippen LogP contribution is -2.13. The second-order valence-corrected chi connectivity index (χ2v) is 8.82. The predicted octanol–water partition coefficient (Wildman–Crippen LogP) is 6.43. The fourth-order valence-corrected chi connectivity index (χ4v) is 4.32. The van der Waals surface area contributed by atoms with Gasteiger partial charge in [-0.25, -0.2) is 4.79 Å². The van der Waals surface area contributed by atoms with Crippen LogP contribution in [-0.4, -0.2) is 24.1 Å². The number of carbonyl (C=O) groups is 2. The number of anilines is 1. The van der Waals surface area contributed by atoms with Crippen molar-refractivity contribution in [1.82, 2.24) is 0 Å². The third-order valence-corrected chi connectivity index (χ3v) is 6.16. The van der Waals surface area contributed by atoms with Crippen LogP contribution >= 0.6 is 15.9 Å². The van der Waals surface area contributed by atoms with Crippen molar-refractivity contribution in [3.05, 3.63) is 106 Å². The summed E-state index contributed by atoms with van der Waals surface area (Å²) in [7, 11) is 1.51. The average molecular weight is 557 g/mol. The van der Waals surface area contributed by atoms with Crippen molar-refractivity contribution >= 4 is 50.3 Å². The van der Waals surface area contributed by atoms with Crippen molar-refractivity contribution in [2.45, 2.75) is 6.61 Å². The van der Waals surface area contributed by atoms with Gasteiger partial charge in [0.25, 0.3) is 5.91 Å². The quantitative estimate of drug-likeness (QED) is 0.191. The molecular weight excluding hydrogens is 536 g/mol. The molecule has 0 unspecified atom stereocenters. The largest absolute Gasteiger partial charge is 0.493 e. The number of hydrogen-bond acceptors (Lipinski definition) is 5. The van der Waals surface area contributed by atoms with Crippen LogP contribution in [0.5, 0.6) is 11.5 Å². The molecule has 8 heteroatoms. The van der Waals surface area contributed by atoms with Gasteiger partial charge in [0.05, 0.1) is 17.1 Å². The molecule has 4 rings (SSSR count). The molecule has 37 heavy (non-hydrogen) atoms. The molecule has 2 N–H and O–H groups in total. The van der Waals surface area contributed by atoms with E-state index < -0.39 is 11.9 Å². The number of aromatic carboxylic acids is 1. The molecule has 184 valence electrons. The van der Waals surface area contributed by atoms with Crippen LogP contribution < -0.4 is 14.8 Å². The van der Waals surface area contributed by atoms with Crippen LogP contribution in [0, 0.1) is 11.3 Å². The third-order valence-electron chi connectivity index (χ3n) is 5.57. The fourth-order valence-electron chi connectivity index (χ4n) is 3.74. The molecule has 0 radical (unpaired) electrons. The number of carboxylic acids is 1. The molecule has 0 fully saturated rings. The fraction of sp³-hybridized carbons (Fsp3) is 0.0690. The Morgan fingerprint density at radius 3 is 2.49 bits per heavy atom. The number of amides is 1. The third kappa shape index (κ3) is 5.97. The minimum absolute atomic E-state index is 0.0914. The Kier molecular flexibility index (Phi) is 7.86. The predicted molar refractivity (Wildman–Crippen MR) is 145 cm³/mol. The second-order valence-electron chi connectivity index (χ2n) is 7.97. The summed E-state index contributed by atoms with van der Waals surface area (Å²) in [6.45, 7) is 0.317. The van der Waals surface area contributed by atoms with E-state index >= 15 is 0 Å². The van der Waals surface area contributed by atoms with Gasteiger partial charge in [-0.1, -0.05) is 42.5 Å². The van der Waals surface area contributed by atoms with Gasteiger partial charge in [0.15, 0.2) is 11.5 Å². The van der Waals surface area contributed by atoms with E-state index in [2.05, 4.69) is 21.2 Å². The number of carboxylic acid groups (broad SMARTS) is 1. The molecule has 0 saturated carbocycles. The van der Waals surface area contributed by atoms with Gasteiger partial charge in [0, 0.05) is 5.69 Å². The molecular formula is C29H21BrN2O5. The first-order valence-electron chi connectivity index (χ1n) is 11.1. The summed E-state index contributed by atoms with van der Waals surface area (Å²) in [6.07, 6.45) is 1.43. The van der Waals surface area contributed by atoms with Crippen LogP contribution in [0.4, 0.5) is 5.69 Å². The summed E-state index contributed by atoms with van der Waals surface area (Å²) in [5.41, 5.74) is 1.89. The molecule has 0 atom stereocenters. The number of hydrogen-bond donors (Lipinski definition) is 2. The van der Waals surface area contributed by atoms with Crippen molar-refractivity contribution in [3.8, 4) is 17.6 Å². The number of methoxy groups -OCH3 is 1. The number of nitrogens with zero attached hydrogens (tertiary/aromatic N) is 1. The van der Waals surface area contributed by atoms with Gasteiger partial charge in [0.1, 0.15) is 18.2 Å². The number of fused-ring (bicyclic) bond motifs is 1. The molecule has 4 aromatic rings. The number of nitriles is 1. The van der Waals surface area contributed by atoms with Gasteiger partial charge in [-0.05, 0) is 80.3 Å². The van der Waals surface area contributed by atoms with Crippen molar-refractivity contribution < 1.29 is 24.2 Å². The monoisotopic (exact) mass is 556 g/mol. The zero-order chi connectivity index (χ0) is 26.4. The van der Waals surface area contributed by atoms with E-state index in [1.807, 2.05) is 48.5 Å². The molecule has 1 amide bonds. The standard InChI is InChI=1S/C29H21BrN2O5/c1-36-26-15-18(13-22(16-31)28(33)32-23-11-9-20(10-12-23)29(34)35)14-25(30)27(26)37-17-21-7-4-6-19-5-2-3-8-24(19)21/h2-15H,17H2,1H3,(H,32,33)(H,34,35)/b22-13+. The van der Waals surface area contributed by atoms with E-state index in [0.29, 0.717) is 33.8 Å². The number of halogens is 1. The molecule has 0 aliphatic carbocycles. The summed E-state index contributed by atoms with van der Waals surface area (Å²) >= 11 is 3.52. The summed E-state index contributed by atoms with van der Waals surface area (Å²) in [5, 5.41) is 23.4. The summed E-state index contributed by atoms with van der Waals surface area (Å²) < 4.78 is 12.2. The maximum atomic E-state index is 12.7. The Balaban J connectivity index is 1.54. The van der Waals surface area contributed by atoms with E-state index in [-0.39, 0.29) is 11.1 Å². The SMILES string of the molecule is COc1cc(/C=C(\C#N)C(=O)Nc2ccc(C(=O)O)cc2)cc(Br)c1OCc1cccc2ccccc12. The molecule has 4 aromatic carbocycles. The highest BCUT2D eigenvalue weighted by atomic mass is 79.9. The zero-order valence-corrected chi connectivity index (χ0v) is 21.3. The Bertz CT molecular complexity index is 1550. The molecule has 0 heterocycles. The Labute approximate surface area is 221 Å². The van der Waals surface area contributed by atoms with E-state index in [1.165, 1.54) is 37.5 Å². The van der Waals surface area contributed by atoms with Crippen LogP contribution in [0.2, 0.25) is 0 Å². The van der Waals surface area contributed by atoms with Gasteiger partial charge in [-0.2, -0.15) is 5.26 Å². The molecule has 0 aliphatic heterocycles. The highest BCUT2D eigenvalue weighted by molar-refractivity contribution is 9.10. The van der Waals surface area contributed by atoms with E-state index in [1.54, 1.807) is 12.1 Å². The van der Waals surface area contributed by atoms with Crippen molar-refractivity contribution in [3.63, 3.8) is 0 Å². The first kappa shape index (κ1) is 25.5. The van der Waals surface area contributed by atoms with Crippen molar-refractivity contribution in [1.29, 1.82) is 5.26 Å². The Hall–Kier alpha value is -4.61. The highest BCUT2D eigenvalue weighted by Gasteiger charge is 2.15. The molecule has 0 saturated heterocycles. The Morgan fingerprint density at radius 1 is 1.05 bits per heavy atom. The van der Waals surface area contributed by atoms with E-state index in [9.17, 15) is 14.9 Å². The lowest BCUT2D eigenvalue weighted by atomic mass is 10.1. The number of nitrogens with one attached hydrogen (secondary N) is 1. The van der Waals surface area contributed by atoms with Gasteiger partial charge < -0.3 is 19.9 Å². The van der Waals surface area contributed by atoms with Crippen molar-refractivity contribution in [2.24, 2.45) is 0 Å². The topological polar surface area (TPSA) is 109 Å². The number of carbonyl (C=O) groups excluding carboxylic acids is 1. The summed E-state index contributed by atoms with van der Waals surface area (Å²) in [6, 6.07) is 25.1. The summed E-state index contributed by atoms with van der Waals surface area (Å²) in [4.78, 5) is 23.7. The molecule has 0 aliphatic rings. The molecule has 0 spiro atoms. The molecule has 0 aromatic heterocycles. The Morgan fingerprint density at radius 2 is 1.78 bits per heavy atom. The van der Waals surface area contributed by atoms with E-state index in [0.717, 1.165) is 16.3 Å². The average Bonchev–Trinajstić information content (AvgIpc) is 2.91. The zero-order valence-electron chi connectivity index (χ0n) is 19.7. The van der Waals surface area contributed by atoms with Gasteiger partial charge >= 0.3 is 5.97 Å². The smallest absolute Gasteiger partial charge is 0.335 e. The summed E-state index contributed by atoms with van der Waals surface area (Å²) in [5.74, 6) is -0.770. The number of ether oxygens (including phenoxy) is 2. The lowest BCUT2D eigenvalue weighted by Gasteiger charge is -2.15. The number of benzene rings is 4. The second kappa shape index (κ2) is 11.4. The maximum absolute atomic E-state index is 12.7. The minimum Gasteiger partial charge on any atom is -0.493 e. The van der Waals surface area contributed by atoms with Gasteiger partial charge in [-0.3, -0.25) is 4.79 Å². The van der Waals surface area contributed by atoms with Gasteiger partial charge in [-0.15, -0.1) is 0 Å². The van der Waals surface area contributed by atoms with E-state index in [4.69, 9.17) is 14.6 Å². The van der Waals surface area contributed by atoms with Crippen molar-refractivity contribution in [2.75, 3.05) is 12.4 Å². The first-order chi connectivity index (χ1) is 17.9.